The Morgan fingerprint density at radius 3 is 2.74 bits per heavy atom. The van der Waals surface area contributed by atoms with Gasteiger partial charge in [0.05, 0.1) is 29.8 Å². The molecular weight excluding hydrogens is 426 g/mol. The molecule has 0 unspecified atom stereocenters. The van der Waals surface area contributed by atoms with Gasteiger partial charge in [-0.15, -0.1) is 0 Å². The van der Waals surface area contributed by atoms with E-state index in [0.29, 0.717) is 0 Å². The molecule has 8 heteroatoms. The molecule has 4 N–H and O–H groups in total. The highest BCUT2D eigenvalue weighted by Crippen LogP contribution is 2.33. The predicted octanol–water partition coefficient (Wildman–Crippen LogP) is 5.19. The number of hydrogen-bond acceptors (Lipinski definition) is 6. The minimum Gasteiger partial charge on any atom is -0.501 e. The number of pyridine rings is 3. The molecule has 0 aromatic carbocycles. The van der Waals surface area contributed by atoms with Crippen molar-refractivity contribution in [2.24, 2.45) is 5.73 Å². The molecule has 8 nitrogen and oxygen atoms in total. The molecule has 0 atom stereocenters. The SMILES string of the molecule is CCC/C(=C\C(=C/N)c1ccc2[nH]nc(-c3cc4c(-c5ccncc5)ccnc4[nH]3)c2n1)OC. The molecule has 0 aliphatic heterocycles. The summed E-state index contributed by atoms with van der Waals surface area (Å²) in [6.45, 7) is 2.11. The summed E-state index contributed by atoms with van der Waals surface area (Å²) in [6, 6.07) is 11.9. The molecule has 5 aromatic heterocycles. The average Bonchev–Trinajstić information content (AvgIpc) is 3.50. The number of methoxy groups -OCH3 is 1. The van der Waals surface area contributed by atoms with Crippen molar-refractivity contribution in [3.8, 4) is 22.5 Å². The van der Waals surface area contributed by atoms with Gasteiger partial charge in [-0.2, -0.15) is 5.10 Å². The fourth-order valence-electron chi connectivity index (χ4n) is 4.05. The van der Waals surface area contributed by atoms with E-state index in [4.69, 9.17) is 15.5 Å². The van der Waals surface area contributed by atoms with Gasteiger partial charge in [0, 0.05) is 42.2 Å². The first-order valence-corrected chi connectivity index (χ1v) is 11.1. The summed E-state index contributed by atoms with van der Waals surface area (Å²) in [5, 5.41) is 8.64. The Morgan fingerprint density at radius 2 is 1.97 bits per heavy atom. The molecular formula is C26H25N7O. The number of nitrogens with zero attached hydrogens (tertiary/aromatic N) is 4. The van der Waals surface area contributed by atoms with Gasteiger partial charge in [0.25, 0.3) is 0 Å². The van der Waals surface area contributed by atoms with E-state index < -0.39 is 0 Å². The van der Waals surface area contributed by atoms with Gasteiger partial charge in [0.2, 0.25) is 0 Å². The maximum absolute atomic E-state index is 5.95. The first-order chi connectivity index (χ1) is 16.7. The van der Waals surface area contributed by atoms with E-state index in [2.05, 4.69) is 38.1 Å². The Balaban J connectivity index is 1.60. The maximum Gasteiger partial charge on any atom is 0.138 e. The molecule has 0 amide bonds. The number of allylic oxidation sites excluding steroid dienone is 3. The lowest BCUT2D eigenvalue weighted by atomic mass is 10.1. The normalized spacial score (nSPS) is 12.5. The quantitative estimate of drug-likeness (QED) is 0.231. The van der Waals surface area contributed by atoms with Crippen LogP contribution in [0.25, 0.3) is 50.2 Å². The third-order valence-electron chi connectivity index (χ3n) is 5.74. The van der Waals surface area contributed by atoms with Crippen molar-refractivity contribution in [2.75, 3.05) is 7.11 Å². The number of hydrogen-bond donors (Lipinski definition) is 3. The monoisotopic (exact) mass is 451 g/mol. The fraction of sp³-hybridized carbons (Fsp3) is 0.154. The number of rotatable bonds is 7. The van der Waals surface area contributed by atoms with Crippen molar-refractivity contribution >= 4 is 27.6 Å². The van der Waals surface area contributed by atoms with Crippen LogP contribution in [0.3, 0.4) is 0 Å². The molecule has 0 bridgehead atoms. The third kappa shape index (κ3) is 3.90. The molecule has 5 rings (SSSR count). The van der Waals surface area contributed by atoms with Crippen LogP contribution in [0.2, 0.25) is 0 Å². The number of nitrogens with two attached hydrogens (primary N) is 1. The highest BCUT2D eigenvalue weighted by atomic mass is 16.5. The highest BCUT2D eigenvalue weighted by molar-refractivity contribution is 5.99. The molecule has 0 spiro atoms. The van der Waals surface area contributed by atoms with Gasteiger partial charge in [-0.05, 0) is 60.0 Å². The first kappa shape index (κ1) is 21.4. The summed E-state index contributed by atoms with van der Waals surface area (Å²) in [7, 11) is 1.67. The average molecular weight is 452 g/mol. The van der Waals surface area contributed by atoms with Gasteiger partial charge in [0.1, 0.15) is 16.9 Å². The molecule has 170 valence electrons. The van der Waals surface area contributed by atoms with Crippen LogP contribution in [0.5, 0.6) is 0 Å². The lowest BCUT2D eigenvalue weighted by Gasteiger charge is -2.07. The van der Waals surface area contributed by atoms with Gasteiger partial charge >= 0.3 is 0 Å². The molecule has 0 aliphatic carbocycles. The van der Waals surface area contributed by atoms with Crippen LogP contribution in [-0.2, 0) is 4.74 Å². The van der Waals surface area contributed by atoms with Crippen molar-refractivity contribution in [1.29, 1.82) is 0 Å². The summed E-state index contributed by atoms with van der Waals surface area (Å²) in [5.41, 5.74) is 13.5. The van der Waals surface area contributed by atoms with Crippen LogP contribution in [0, 0.1) is 0 Å². The Hall–Kier alpha value is -4.46. The Morgan fingerprint density at radius 1 is 1.12 bits per heavy atom. The number of aromatic amines is 2. The van der Waals surface area contributed by atoms with Crippen molar-refractivity contribution < 1.29 is 4.74 Å². The Labute approximate surface area is 196 Å². The summed E-state index contributed by atoms with van der Waals surface area (Å²) in [4.78, 5) is 16.9. The molecule has 34 heavy (non-hydrogen) atoms. The Kier molecular flexibility index (Phi) is 5.78. The summed E-state index contributed by atoms with van der Waals surface area (Å²) < 4.78 is 5.49. The number of aromatic nitrogens is 6. The summed E-state index contributed by atoms with van der Waals surface area (Å²) >= 11 is 0. The largest absolute Gasteiger partial charge is 0.501 e. The minimum atomic E-state index is 0.719. The van der Waals surface area contributed by atoms with Gasteiger partial charge in [-0.1, -0.05) is 6.92 Å². The third-order valence-corrected chi connectivity index (χ3v) is 5.74. The van der Waals surface area contributed by atoms with Gasteiger partial charge in [-0.3, -0.25) is 10.1 Å². The number of fused-ring (bicyclic) bond motifs is 2. The van der Waals surface area contributed by atoms with Gasteiger partial charge in [0.15, 0.2) is 0 Å². The van der Waals surface area contributed by atoms with Crippen LogP contribution in [-0.4, -0.2) is 37.2 Å². The summed E-state index contributed by atoms with van der Waals surface area (Å²) in [6.07, 6.45) is 10.7. The zero-order valence-corrected chi connectivity index (χ0v) is 19.0. The first-order valence-electron chi connectivity index (χ1n) is 11.1. The van der Waals surface area contributed by atoms with E-state index in [-0.39, 0.29) is 0 Å². The lowest BCUT2D eigenvalue weighted by molar-refractivity contribution is 0.276. The molecule has 0 saturated carbocycles. The molecule has 5 heterocycles. The van der Waals surface area contributed by atoms with Crippen LogP contribution in [0.4, 0.5) is 0 Å². The number of nitrogens with one attached hydrogen (secondary N) is 2. The van der Waals surface area contributed by atoms with E-state index in [1.165, 1.54) is 0 Å². The maximum atomic E-state index is 5.95. The van der Waals surface area contributed by atoms with E-state index in [1.54, 1.807) is 31.9 Å². The second kappa shape index (κ2) is 9.19. The topological polar surface area (TPSA) is 118 Å². The molecule has 0 radical (unpaired) electrons. The zero-order chi connectivity index (χ0) is 23.5. The smallest absolute Gasteiger partial charge is 0.138 e. The second-order valence-electron chi connectivity index (χ2n) is 7.89. The lowest BCUT2D eigenvalue weighted by Crippen LogP contribution is -1.95. The number of H-pyrrole nitrogens is 2. The van der Waals surface area contributed by atoms with E-state index in [0.717, 1.165) is 74.4 Å². The van der Waals surface area contributed by atoms with Crippen molar-refractivity contribution in [3.63, 3.8) is 0 Å². The van der Waals surface area contributed by atoms with Crippen LogP contribution < -0.4 is 5.73 Å². The second-order valence-corrected chi connectivity index (χ2v) is 7.89. The predicted molar refractivity (Wildman–Crippen MR) is 134 cm³/mol. The highest BCUT2D eigenvalue weighted by Gasteiger charge is 2.16. The van der Waals surface area contributed by atoms with E-state index in [1.807, 2.05) is 36.4 Å². The molecule has 0 fully saturated rings. The van der Waals surface area contributed by atoms with Crippen molar-refractivity contribution in [1.82, 2.24) is 30.1 Å². The summed E-state index contributed by atoms with van der Waals surface area (Å²) in [5.74, 6) is 0.860. The van der Waals surface area contributed by atoms with Crippen molar-refractivity contribution in [3.05, 3.63) is 78.7 Å². The van der Waals surface area contributed by atoms with Crippen LogP contribution in [0.15, 0.2) is 73.0 Å². The van der Waals surface area contributed by atoms with E-state index in [9.17, 15) is 0 Å². The van der Waals surface area contributed by atoms with E-state index >= 15 is 0 Å². The molecule has 5 aromatic rings. The van der Waals surface area contributed by atoms with Crippen LogP contribution >= 0.6 is 0 Å². The van der Waals surface area contributed by atoms with Gasteiger partial charge in [-0.25, -0.2) is 9.97 Å². The molecule has 0 aliphatic rings. The zero-order valence-electron chi connectivity index (χ0n) is 19.0. The standard InChI is InChI=1S/C26H25N7O/c1-3-4-18(34-2)13-17(15-27)21-5-6-22-24(30-21)25(33-32-22)23-14-20-19(9-12-29-26(20)31-23)16-7-10-28-11-8-16/h5-15H,3-4,27H2,1-2H3,(H,29,31)(H,32,33)/b17-15+,18-13+. The number of ether oxygens (including phenoxy) is 1. The van der Waals surface area contributed by atoms with Crippen LogP contribution in [0.1, 0.15) is 25.5 Å². The minimum absolute atomic E-state index is 0.719. The fourth-order valence-corrected chi connectivity index (χ4v) is 4.05. The Bertz CT molecular complexity index is 1510. The van der Waals surface area contributed by atoms with Gasteiger partial charge < -0.3 is 15.5 Å². The molecule has 0 saturated heterocycles. The van der Waals surface area contributed by atoms with Crippen molar-refractivity contribution in [2.45, 2.75) is 19.8 Å².